The van der Waals surface area contributed by atoms with Crippen LogP contribution in [0.25, 0.3) is 11.3 Å². The lowest BCUT2D eigenvalue weighted by Gasteiger charge is -2.19. The molecular formula is C14H14O2. The summed E-state index contributed by atoms with van der Waals surface area (Å²) in [7, 11) is 0. The maximum absolute atomic E-state index is 9.85. The SMILES string of the molecule is Oc1ccc(-c2ccco2)c2c1CCCC2. The summed E-state index contributed by atoms with van der Waals surface area (Å²) in [6.07, 6.45) is 6.08. The van der Waals surface area contributed by atoms with Gasteiger partial charge in [0.2, 0.25) is 0 Å². The molecule has 1 heterocycles. The summed E-state index contributed by atoms with van der Waals surface area (Å²) in [6.45, 7) is 0. The highest BCUT2D eigenvalue weighted by Crippen LogP contribution is 2.36. The van der Waals surface area contributed by atoms with Crippen molar-refractivity contribution in [3.8, 4) is 17.1 Å². The Morgan fingerprint density at radius 3 is 2.56 bits per heavy atom. The second-order valence-electron chi connectivity index (χ2n) is 4.27. The molecule has 0 fully saturated rings. The Labute approximate surface area is 94.5 Å². The summed E-state index contributed by atoms with van der Waals surface area (Å²) in [4.78, 5) is 0. The Bertz CT molecular complexity index is 498. The molecule has 0 aliphatic heterocycles. The molecule has 16 heavy (non-hydrogen) atoms. The van der Waals surface area contributed by atoms with Gasteiger partial charge in [0.15, 0.2) is 0 Å². The molecular weight excluding hydrogens is 200 g/mol. The Morgan fingerprint density at radius 1 is 1.00 bits per heavy atom. The molecule has 2 heteroatoms. The Kier molecular flexibility index (Phi) is 2.21. The smallest absolute Gasteiger partial charge is 0.134 e. The predicted octanol–water partition coefficient (Wildman–Crippen LogP) is 3.53. The van der Waals surface area contributed by atoms with Gasteiger partial charge >= 0.3 is 0 Å². The number of aromatic hydroxyl groups is 1. The minimum absolute atomic E-state index is 0.435. The molecule has 2 aromatic rings. The van der Waals surface area contributed by atoms with E-state index in [1.54, 1.807) is 12.3 Å². The first-order valence-electron chi connectivity index (χ1n) is 5.74. The molecule has 82 valence electrons. The van der Waals surface area contributed by atoms with Crippen LogP contribution in [0.15, 0.2) is 34.9 Å². The van der Waals surface area contributed by atoms with Crippen LogP contribution < -0.4 is 0 Å². The van der Waals surface area contributed by atoms with E-state index in [4.69, 9.17) is 4.42 Å². The third kappa shape index (κ3) is 1.42. The number of hydrogen-bond donors (Lipinski definition) is 1. The van der Waals surface area contributed by atoms with Gasteiger partial charge in [-0.3, -0.25) is 0 Å². The van der Waals surface area contributed by atoms with E-state index in [1.807, 2.05) is 18.2 Å². The predicted molar refractivity (Wildman–Crippen MR) is 62.5 cm³/mol. The minimum atomic E-state index is 0.435. The van der Waals surface area contributed by atoms with Crippen LogP contribution in [0, 0.1) is 0 Å². The van der Waals surface area contributed by atoms with Crippen molar-refractivity contribution >= 4 is 0 Å². The van der Waals surface area contributed by atoms with Crippen molar-refractivity contribution in [3.05, 3.63) is 41.7 Å². The first kappa shape index (κ1) is 9.52. The van der Waals surface area contributed by atoms with E-state index in [0.29, 0.717) is 5.75 Å². The highest BCUT2D eigenvalue weighted by molar-refractivity contribution is 5.66. The van der Waals surface area contributed by atoms with Gasteiger partial charge in [-0.15, -0.1) is 0 Å². The summed E-state index contributed by atoms with van der Waals surface area (Å²) < 4.78 is 5.44. The van der Waals surface area contributed by atoms with Crippen LogP contribution in [0.5, 0.6) is 5.75 Å². The number of phenolic OH excluding ortho intramolecular Hbond substituents is 1. The van der Waals surface area contributed by atoms with Crippen LogP contribution in [0.1, 0.15) is 24.0 Å². The molecule has 1 N–H and O–H groups in total. The van der Waals surface area contributed by atoms with E-state index >= 15 is 0 Å². The van der Waals surface area contributed by atoms with Crippen molar-refractivity contribution in [1.82, 2.24) is 0 Å². The monoisotopic (exact) mass is 214 g/mol. The van der Waals surface area contributed by atoms with Gasteiger partial charge in [0, 0.05) is 5.56 Å². The maximum atomic E-state index is 9.85. The van der Waals surface area contributed by atoms with Crippen LogP contribution in [-0.2, 0) is 12.8 Å². The molecule has 0 saturated carbocycles. The van der Waals surface area contributed by atoms with Crippen molar-refractivity contribution in [3.63, 3.8) is 0 Å². The second-order valence-corrected chi connectivity index (χ2v) is 4.27. The van der Waals surface area contributed by atoms with Gasteiger partial charge < -0.3 is 9.52 Å². The third-order valence-corrected chi connectivity index (χ3v) is 3.30. The molecule has 3 rings (SSSR count). The van der Waals surface area contributed by atoms with E-state index in [1.165, 1.54) is 18.4 Å². The largest absolute Gasteiger partial charge is 0.508 e. The van der Waals surface area contributed by atoms with E-state index in [0.717, 1.165) is 29.7 Å². The normalized spacial score (nSPS) is 14.8. The number of furan rings is 1. The fourth-order valence-corrected chi connectivity index (χ4v) is 2.51. The lowest BCUT2D eigenvalue weighted by molar-refractivity contribution is 0.462. The molecule has 0 spiro atoms. The molecule has 2 nitrogen and oxygen atoms in total. The van der Waals surface area contributed by atoms with Gasteiger partial charge in [-0.1, -0.05) is 0 Å². The fraction of sp³-hybridized carbons (Fsp3) is 0.286. The van der Waals surface area contributed by atoms with Crippen molar-refractivity contribution in [2.75, 3.05) is 0 Å². The van der Waals surface area contributed by atoms with Crippen molar-refractivity contribution < 1.29 is 9.52 Å². The minimum Gasteiger partial charge on any atom is -0.508 e. The lowest BCUT2D eigenvalue weighted by Crippen LogP contribution is -2.04. The van der Waals surface area contributed by atoms with Gasteiger partial charge in [0.05, 0.1) is 6.26 Å². The number of hydrogen-bond acceptors (Lipinski definition) is 2. The topological polar surface area (TPSA) is 33.4 Å². The molecule has 0 bridgehead atoms. The zero-order chi connectivity index (χ0) is 11.0. The lowest BCUT2D eigenvalue weighted by atomic mass is 9.87. The van der Waals surface area contributed by atoms with Crippen LogP contribution >= 0.6 is 0 Å². The molecule has 0 atom stereocenters. The zero-order valence-electron chi connectivity index (χ0n) is 9.07. The average molecular weight is 214 g/mol. The maximum Gasteiger partial charge on any atom is 0.134 e. The van der Waals surface area contributed by atoms with Gasteiger partial charge in [0.25, 0.3) is 0 Å². The van der Waals surface area contributed by atoms with Crippen molar-refractivity contribution in [2.24, 2.45) is 0 Å². The summed E-state index contributed by atoms with van der Waals surface area (Å²) in [6, 6.07) is 7.61. The zero-order valence-corrected chi connectivity index (χ0v) is 9.07. The van der Waals surface area contributed by atoms with Gasteiger partial charge in [0.1, 0.15) is 11.5 Å². The summed E-state index contributed by atoms with van der Waals surface area (Å²) in [5.41, 5.74) is 3.51. The first-order valence-corrected chi connectivity index (χ1v) is 5.74. The molecule has 1 aromatic carbocycles. The molecule has 1 aliphatic carbocycles. The van der Waals surface area contributed by atoms with E-state index in [-0.39, 0.29) is 0 Å². The first-order chi connectivity index (χ1) is 7.86. The highest BCUT2D eigenvalue weighted by atomic mass is 16.3. The molecule has 0 saturated heterocycles. The van der Waals surface area contributed by atoms with Crippen LogP contribution in [-0.4, -0.2) is 5.11 Å². The van der Waals surface area contributed by atoms with Crippen LogP contribution in [0.2, 0.25) is 0 Å². The van der Waals surface area contributed by atoms with Crippen molar-refractivity contribution in [2.45, 2.75) is 25.7 Å². The fourth-order valence-electron chi connectivity index (χ4n) is 2.51. The number of phenols is 1. The van der Waals surface area contributed by atoms with Crippen LogP contribution in [0.3, 0.4) is 0 Å². The molecule has 1 aromatic heterocycles. The molecule has 0 radical (unpaired) electrons. The standard InChI is InChI=1S/C14H14O2/c15-13-8-7-12(14-6-3-9-16-14)10-4-1-2-5-11(10)13/h3,6-9,15H,1-2,4-5H2. The average Bonchev–Trinajstić information content (AvgIpc) is 2.83. The van der Waals surface area contributed by atoms with E-state index in [9.17, 15) is 5.11 Å². The highest BCUT2D eigenvalue weighted by Gasteiger charge is 2.18. The number of fused-ring (bicyclic) bond motifs is 1. The Morgan fingerprint density at radius 2 is 1.81 bits per heavy atom. The third-order valence-electron chi connectivity index (χ3n) is 3.30. The van der Waals surface area contributed by atoms with Gasteiger partial charge in [-0.2, -0.15) is 0 Å². The van der Waals surface area contributed by atoms with Gasteiger partial charge in [-0.05, 0) is 61.1 Å². The second kappa shape index (κ2) is 3.71. The quantitative estimate of drug-likeness (QED) is 0.787. The molecule has 1 aliphatic rings. The van der Waals surface area contributed by atoms with E-state index < -0.39 is 0 Å². The Balaban J connectivity index is 2.19. The summed E-state index contributed by atoms with van der Waals surface area (Å²) >= 11 is 0. The Hall–Kier alpha value is -1.70. The number of benzene rings is 1. The van der Waals surface area contributed by atoms with Gasteiger partial charge in [-0.25, -0.2) is 0 Å². The molecule has 0 unspecified atom stereocenters. The van der Waals surface area contributed by atoms with Crippen molar-refractivity contribution in [1.29, 1.82) is 0 Å². The summed E-state index contributed by atoms with van der Waals surface area (Å²) in [5, 5.41) is 9.85. The van der Waals surface area contributed by atoms with E-state index in [2.05, 4.69) is 0 Å². The molecule has 0 amide bonds. The summed E-state index contributed by atoms with van der Waals surface area (Å²) in [5.74, 6) is 1.34. The van der Waals surface area contributed by atoms with Crippen LogP contribution in [0.4, 0.5) is 0 Å². The number of rotatable bonds is 1.